The van der Waals surface area contributed by atoms with Crippen molar-refractivity contribution in [1.82, 2.24) is 9.80 Å². The third-order valence-electron chi connectivity index (χ3n) is 4.62. The number of benzene rings is 2. The van der Waals surface area contributed by atoms with E-state index in [4.69, 9.17) is 23.2 Å². The molecule has 4 nitrogen and oxygen atoms in total. The van der Waals surface area contributed by atoms with E-state index in [1.165, 1.54) is 6.92 Å². The molecule has 26 heavy (non-hydrogen) atoms. The smallest absolute Gasteiger partial charge is 0.253 e. The predicted molar refractivity (Wildman–Crippen MR) is 104 cm³/mol. The number of piperazine rings is 1. The second-order valence-corrected chi connectivity index (χ2v) is 7.20. The van der Waals surface area contributed by atoms with Gasteiger partial charge in [0.2, 0.25) is 0 Å². The Labute approximate surface area is 163 Å². The van der Waals surface area contributed by atoms with Crippen LogP contribution in [-0.2, 0) is 6.54 Å². The molecule has 3 rings (SSSR count). The van der Waals surface area contributed by atoms with Crippen molar-refractivity contribution >= 4 is 34.9 Å². The Kier molecular flexibility index (Phi) is 5.97. The van der Waals surface area contributed by atoms with Gasteiger partial charge in [-0.2, -0.15) is 0 Å². The number of rotatable bonds is 4. The lowest BCUT2D eigenvalue weighted by atomic mass is 10.1. The van der Waals surface area contributed by atoms with E-state index in [1.54, 1.807) is 30.3 Å². The maximum absolute atomic E-state index is 12.6. The lowest BCUT2D eigenvalue weighted by molar-refractivity contribution is 0.0628. The van der Waals surface area contributed by atoms with Crippen LogP contribution in [0.5, 0.6) is 0 Å². The summed E-state index contributed by atoms with van der Waals surface area (Å²) >= 11 is 12.3. The summed E-state index contributed by atoms with van der Waals surface area (Å²) in [6, 6.07) is 12.5. The number of Topliss-reactive ketones (excluding diaryl/α,β-unsaturated/α-hetero) is 1. The van der Waals surface area contributed by atoms with Crippen molar-refractivity contribution in [3.63, 3.8) is 0 Å². The van der Waals surface area contributed by atoms with Gasteiger partial charge in [-0.15, -0.1) is 0 Å². The van der Waals surface area contributed by atoms with Crippen molar-refractivity contribution in [3.8, 4) is 0 Å². The average molecular weight is 391 g/mol. The Morgan fingerprint density at radius 2 is 1.54 bits per heavy atom. The monoisotopic (exact) mass is 390 g/mol. The minimum atomic E-state index is -0.00251. The molecular weight excluding hydrogens is 371 g/mol. The van der Waals surface area contributed by atoms with Gasteiger partial charge in [-0.25, -0.2) is 0 Å². The number of hydrogen-bond acceptors (Lipinski definition) is 3. The lowest BCUT2D eigenvalue weighted by Crippen LogP contribution is -2.48. The number of nitrogens with zero attached hydrogens (tertiary/aromatic N) is 2. The van der Waals surface area contributed by atoms with E-state index >= 15 is 0 Å². The zero-order chi connectivity index (χ0) is 18.7. The van der Waals surface area contributed by atoms with E-state index < -0.39 is 0 Å². The molecule has 0 radical (unpaired) electrons. The first-order valence-electron chi connectivity index (χ1n) is 8.51. The Morgan fingerprint density at radius 1 is 0.923 bits per heavy atom. The van der Waals surface area contributed by atoms with E-state index in [1.807, 2.05) is 17.0 Å². The van der Waals surface area contributed by atoms with Gasteiger partial charge in [0.25, 0.3) is 5.91 Å². The molecule has 1 aliphatic rings. The van der Waals surface area contributed by atoms with Crippen LogP contribution in [0.4, 0.5) is 0 Å². The molecule has 2 aromatic carbocycles. The van der Waals surface area contributed by atoms with E-state index in [0.29, 0.717) is 40.8 Å². The summed E-state index contributed by atoms with van der Waals surface area (Å²) in [5, 5.41) is 1.16. The molecule has 0 bridgehead atoms. The Morgan fingerprint density at radius 3 is 2.15 bits per heavy atom. The summed E-state index contributed by atoms with van der Waals surface area (Å²) < 4.78 is 0. The molecule has 0 spiro atoms. The number of halogens is 2. The van der Waals surface area contributed by atoms with E-state index in [9.17, 15) is 9.59 Å². The molecule has 0 unspecified atom stereocenters. The van der Waals surface area contributed by atoms with Crippen LogP contribution < -0.4 is 0 Å². The molecule has 0 atom stereocenters. The van der Waals surface area contributed by atoms with Crippen molar-refractivity contribution < 1.29 is 9.59 Å². The first-order valence-corrected chi connectivity index (χ1v) is 9.27. The van der Waals surface area contributed by atoms with E-state index in [-0.39, 0.29) is 11.7 Å². The molecule has 136 valence electrons. The van der Waals surface area contributed by atoms with Gasteiger partial charge in [0, 0.05) is 43.9 Å². The highest BCUT2D eigenvalue weighted by Crippen LogP contribution is 2.26. The standard InChI is InChI=1S/C20H20Cl2N2O2/c1-14(25)15-5-7-16(8-6-15)20(26)24-11-9-23(10-12-24)13-17-3-2-4-18(21)19(17)22/h2-8H,9-13H2,1H3. The molecule has 0 saturated carbocycles. The molecule has 1 heterocycles. The number of ketones is 1. The maximum Gasteiger partial charge on any atom is 0.253 e. The van der Waals surface area contributed by atoms with Crippen LogP contribution in [0.2, 0.25) is 10.0 Å². The van der Waals surface area contributed by atoms with Gasteiger partial charge >= 0.3 is 0 Å². The number of carbonyl (C=O) groups excluding carboxylic acids is 2. The minimum absolute atomic E-state index is 0.000500. The van der Waals surface area contributed by atoms with Gasteiger partial charge < -0.3 is 4.90 Å². The summed E-state index contributed by atoms with van der Waals surface area (Å²) in [7, 11) is 0. The molecule has 1 aliphatic heterocycles. The van der Waals surface area contributed by atoms with Gasteiger partial charge in [-0.05, 0) is 30.7 Å². The topological polar surface area (TPSA) is 40.6 Å². The lowest BCUT2D eigenvalue weighted by Gasteiger charge is -2.35. The van der Waals surface area contributed by atoms with Crippen LogP contribution in [0.3, 0.4) is 0 Å². The number of carbonyl (C=O) groups is 2. The van der Waals surface area contributed by atoms with Gasteiger partial charge in [-0.3, -0.25) is 14.5 Å². The van der Waals surface area contributed by atoms with Crippen LogP contribution in [0.25, 0.3) is 0 Å². The summed E-state index contributed by atoms with van der Waals surface area (Å²) in [4.78, 5) is 28.1. The van der Waals surface area contributed by atoms with Crippen LogP contribution in [0.1, 0.15) is 33.2 Å². The molecule has 0 N–H and O–H groups in total. The first kappa shape index (κ1) is 18.9. The number of hydrogen-bond donors (Lipinski definition) is 0. The quantitative estimate of drug-likeness (QED) is 0.736. The Hall–Kier alpha value is -1.88. The van der Waals surface area contributed by atoms with E-state index in [0.717, 1.165) is 18.7 Å². The Bertz CT molecular complexity index is 813. The summed E-state index contributed by atoms with van der Waals surface area (Å²) in [5.74, 6) is -0.00201. The third-order valence-corrected chi connectivity index (χ3v) is 5.48. The molecular formula is C20H20Cl2N2O2. The Balaban J connectivity index is 1.58. The highest BCUT2D eigenvalue weighted by Gasteiger charge is 2.22. The summed E-state index contributed by atoms with van der Waals surface area (Å²) in [5.41, 5.74) is 2.23. The summed E-state index contributed by atoms with van der Waals surface area (Å²) in [6.07, 6.45) is 0. The van der Waals surface area contributed by atoms with Crippen molar-refractivity contribution in [3.05, 3.63) is 69.2 Å². The van der Waals surface area contributed by atoms with Gasteiger partial charge in [-0.1, -0.05) is 47.5 Å². The molecule has 1 saturated heterocycles. The fourth-order valence-electron chi connectivity index (χ4n) is 3.05. The fourth-order valence-corrected chi connectivity index (χ4v) is 3.43. The minimum Gasteiger partial charge on any atom is -0.336 e. The van der Waals surface area contributed by atoms with Crippen LogP contribution >= 0.6 is 23.2 Å². The molecule has 2 aromatic rings. The highest BCUT2D eigenvalue weighted by molar-refractivity contribution is 6.42. The second kappa shape index (κ2) is 8.21. The highest BCUT2D eigenvalue weighted by atomic mass is 35.5. The largest absolute Gasteiger partial charge is 0.336 e. The van der Waals surface area contributed by atoms with Gasteiger partial charge in [0.15, 0.2) is 5.78 Å². The molecule has 1 fully saturated rings. The zero-order valence-electron chi connectivity index (χ0n) is 14.5. The average Bonchev–Trinajstić information content (AvgIpc) is 2.65. The maximum atomic E-state index is 12.6. The second-order valence-electron chi connectivity index (χ2n) is 6.41. The summed E-state index contributed by atoms with van der Waals surface area (Å²) in [6.45, 7) is 5.11. The van der Waals surface area contributed by atoms with Crippen molar-refractivity contribution in [2.45, 2.75) is 13.5 Å². The molecule has 6 heteroatoms. The first-order chi connectivity index (χ1) is 12.5. The molecule has 0 aliphatic carbocycles. The van der Waals surface area contributed by atoms with Crippen molar-refractivity contribution in [1.29, 1.82) is 0 Å². The SMILES string of the molecule is CC(=O)c1ccc(C(=O)N2CCN(Cc3cccc(Cl)c3Cl)CC2)cc1. The van der Waals surface area contributed by atoms with Crippen molar-refractivity contribution in [2.75, 3.05) is 26.2 Å². The third kappa shape index (κ3) is 4.26. The number of amides is 1. The van der Waals surface area contributed by atoms with Gasteiger partial charge in [0.1, 0.15) is 0 Å². The molecule has 1 amide bonds. The van der Waals surface area contributed by atoms with E-state index in [2.05, 4.69) is 4.90 Å². The predicted octanol–water partition coefficient (Wildman–Crippen LogP) is 4.15. The van der Waals surface area contributed by atoms with Gasteiger partial charge in [0.05, 0.1) is 10.0 Å². The van der Waals surface area contributed by atoms with Crippen LogP contribution in [0, 0.1) is 0 Å². The molecule has 0 aromatic heterocycles. The van der Waals surface area contributed by atoms with Crippen LogP contribution in [-0.4, -0.2) is 47.7 Å². The fraction of sp³-hybridized carbons (Fsp3) is 0.300. The zero-order valence-corrected chi connectivity index (χ0v) is 16.1. The van der Waals surface area contributed by atoms with Crippen molar-refractivity contribution in [2.24, 2.45) is 0 Å². The van der Waals surface area contributed by atoms with Crippen LogP contribution in [0.15, 0.2) is 42.5 Å². The normalized spacial score (nSPS) is 15.1.